The molecule has 0 aromatic carbocycles. The molecular weight excluding hydrogens is 184 g/mol. The van der Waals surface area contributed by atoms with Gasteiger partial charge in [-0.3, -0.25) is 4.68 Å². The molecule has 13 heavy (non-hydrogen) atoms. The molecule has 2 heterocycles. The molecule has 0 amide bonds. The summed E-state index contributed by atoms with van der Waals surface area (Å²) in [4.78, 5) is 5.28. The number of rotatable bonds is 3. The number of thiophene rings is 1. The van der Waals surface area contributed by atoms with Crippen LogP contribution in [0.3, 0.4) is 0 Å². The van der Waals surface area contributed by atoms with Crippen molar-refractivity contribution in [2.24, 2.45) is 5.73 Å². The van der Waals surface area contributed by atoms with Gasteiger partial charge in [0, 0.05) is 6.54 Å². The van der Waals surface area contributed by atoms with Crippen LogP contribution in [0.1, 0.15) is 0 Å². The average molecular weight is 194 g/mol. The van der Waals surface area contributed by atoms with E-state index in [1.54, 1.807) is 22.3 Å². The Balaban J connectivity index is 2.23. The van der Waals surface area contributed by atoms with Crippen LogP contribution >= 0.6 is 11.3 Å². The van der Waals surface area contributed by atoms with Crippen molar-refractivity contribution in [2.75, 3.05) is 6.54 Å². The Bertz CT molecular complexity index is 365. The number of aromatic nitrogens is 3. The van der Waals surface area contributed by atoms with E-state index in [2.05, 4.69) is 10.1 Å². The van der Waals surface area contributed by atoms with E-state index in [0.717, 1.165) is 17.2 Å². The molecule has 0 saturated heterocycles. The Hall–Kier alpha value is -1.20. The third-order valence-corrected chi connectivity index (χ3v) is 2.50. The largest absolute Gasteiger partial charge is 0.329 e. The first kappa shape index (κ1) is 8.40. The highest BCUT2D eigenvalue weighted by molar-refractivity contribution is 7.13. The standard InChI is InChI=1S/C8H10N4S/c9-3-4-12-6-10-8(11-12)7-2-1-5-13-7/h1-2,5-6H,3-4,9H2. The third kappa shape index (κ3) is 1.76. The molecule has 0 saturated carbocycles. The predicted octanol–water partition coefficient (Wildman–Crippen LogP) is 0.965. The van der Waals surface area contributed by atoms with Gasteiger partial charge in [0.15, 0.2) is 5.82 Å². The van der Waals surface area contributed by atoms with Crippen LogP contribution in [0.2, 0.25) is 0 Å². The molecule has 2 rings (SSSR count). The second kappa shape index (κ2) is 3.68. The minimum absolute atomic E-state index is 0.591. The first-order valence-corrected chi connectivity index (χ1v) is 4.91. The predicted molar refractivity (Wildman–Crippen MR) is 52.4 cm³/mol. The Morgan fingerprint density at radius 2 is 2.46 bits per heavy atom. The second-order valence-electron chi connectivity index (χ2n) is 2.60. The van der Waals surface area contributed by atoms with Gasteiger partial charge in [0.05, 0.1) is 11.4 Å². The van der Waals surface area contributed by atoms with Crippen molar-refractivity contribution in [2.45, 2.75) is 6.54 Å². The van der Waals surface area contributed by atoms with Crippen molar-refractivity contribution < 1.29 is 0 Å². The van der Waals surface area contributed by atoms with E-state index < -0.39 is 0 Å². The molecule has 4 nitrogen and oxygen atoms in total. The van der Waals surface area contributed by atoms with E-state index in [4.69, 9.17) is 5.73 Å². The van der Waals surface area contributed by atoms with Crippen LogP contribution in [-0.4, -0.2) is 21.3 Å². The van der Waals surface area contributed by atoms with Crippen LogP contribution < -0.4 is 5.73 Å². The zero-order chi connectivity index (χ0) is 9.10. The number of nitrogens with zero attached hydrogens (tertiary/aromatic N) is 3. The summed E-state index contributed by atoms with van der Waals surface area (Å²) < 4.78 is 1.76. The minimum atomic E-state index is 0.591. The lowest BCUT2D eigenvalue weighted by Crippen LogP contribution is -2.09. The van der Waals surface area contributed by atoms with E-state index in [1.807, 2.05) is 17.5 Å². The lowest BCUT2D eigenvalue weighted by molar-refractivity contribution is 0.625. The highest BCUT2D eigenvalue weighted by Crippen LogP contribution is 2.19. The van der Waals surface area contributed by atoms with Crippen LogP contribution in [0, 0.1) is 0 Å². The Morgan fingerprint density at radius 3 is 3.15 bits per heavy atom. The molecule has 68 valence electrons. The first-order valence-electron chi connectivity index (χ1n) is 4.03. The number of hydrogen-bond donors (Lipinski definition) is 1. The normalized spacial score (nSPS) is 10.5. The van der Waals surface area contributed by atoms with Gasteiger partial charge < -0.3 is 5.73 Å². The lowest BCUT2D eigenvalue weighted by atomic mass is 10.4. The Labute approximate surface area is 80.0 Å². The van der Waals surface area contributed by atoms with Crippen LogP contribution in [0.15, 0.2) is 23.8 Å². The van der Waals surface area contributed by atoms with Crippen LogP contribution in [0.25, 0.3) is 10.7 Å². The molecule has 0 spiro atoms. The van der Waals surface area contributed by atoms with Gasteiger partial charge in [-0.05, 0) is 11.4 Å². The van der Waals surface area contributed by atoms with E-state index in [0.29, 0.717) is 6.54 Å². The van der Waals surface area contributed by atoms with E-state index in [9.17, 15) is 0 Å². The summed E-state index contributed by atoms with van der Waals surface area (Å²) in [5.41, 5.74) is 5.40. The van der Waals surface area contributed by atoms with Crippen LogP contribution in [-0.2, 0) is 6.54 Å². The van der Waals surface area contributed by atoms with E-state index >= 15 is 0 Å². The fourth-order valence-corrected chi connectivity index (χ4v) is 1.71. The van der Waals surface area contributed by atoms with Gasteiger partial charge in [0.1, 0.15) is 6.33 Å². The fourth-order valence-electron chi connectivity index (χ4n) is 1.05. The van der Waals surface area contributed by atoms with Crippen molar-refractivity contribution in [3.05, 3.63) is 23.8 Å². The molecule has 0 radical (unpaired) electrons. The molecule has 0 aliphatic carbocycles. The maximum atomic E-state index is 5.40. The van der Waals surface area contributed by atoms with E-state index in [1.165, 1.54) is 0 Å². The molecule has 2 aromatic rings. The summed E-state index contributed by atoms with van der Waals surface area (Å²) in [6.07, 6.45) is 1.71. The molecular formula is C8H10N4S. The van der Waals surface area contributed by atoms with Gasteiger partial charge in [0.2, 0.25) is 0 Å². The van der Waals surface area contributed by atoms with Crippen molar-refractivity contribution in [3.63, 3.8) is 0 Å². The Kier molecular flexibility index (Phi) is 2.37. The van der Waals surface area contributed by atoms with Crippen LogP contribution in [0.4, 0.5) is 0 Å². The van der Waals surface area contributed by atoms with Crippen molar-refractivity contribution in [3.8, 4) is 10.7 Å². The smallest absolute Gasteiger partial charge is 0.191 e. The summed E-state index contributed by atoms with van der Waals surface area (Å²) in [5.74, 6) is 0.781. The highest BCUT2D eigenvalue weighted by Gasteiger charge is 2.03. The second-order valence-corrected chi connectivity index (χ2v) is 3.54. The van der Waals surface area contributed by atoms with Crippen molar-refractivity contribution in [1.82, 2.24) is 14.8 Å². The zero-order valence-electron chi connectivity index (χ0n) is 7.05. The summed E-state index contributed by atoms with van der Waals surface area (Å²) >= 11 is 1.64. The fraction of sp³-hybridized carbons (Fsp3) is 0.250. The van der Waals surface area contributed by atoms with Gasteiger partial charge in [-0.1, -0.05) is 6.07 Å². The molecule has 0 unspecified atom stereocenters. The number of hydrogen-bond acceptors (Lipinski definition) is 4. The molecule has 5 heteroatoms. The third-order valence-electron chi connectivity index (χ3n) is 1.64. The lowest BCUT2D eigenvalue weighted by Gasteiger charge is -1.93. The quantitative estimate of drug-likeness (QED) is 0.792. The molecule has 0 atom stereocenters. The van der Waals surface area contributed by atoms with Gasteiger partial charge in [-0.2, -0.15) is 5.10 Å². The molecule has 2 aromatic heterocycles. The molecule has 0 fully saturated rings. The average Bonchev–Trinajstić information content (AvgIpc) is 2.70. The summed E-state index contributed by atoms with van der Waals surface area (Å²) in [6, 6.07) is 4.00. The molecule has 0 aliphatic rings. The van der Waals surface area contributed by atoms with Crippen molar-refractivity contribution in [1.29, 1.82) is 0 Å². The zero-order valence-corrected chi connectivity index (χ0v) is 7.87. The van der Waals surface area contributed by atoms with Gasteiger partial charge in [0.25, 0.3) is 0 Å². The molecule has 2 N–H and O–H groups in total. The maximum absolute atomic E-state index is 5.40. The van der Waals surface area contributed by atoms with E-state index in [-0.39, 0.29) is 0 Å². The Morgan fingerprint density at radius 1 is 1.54 bits per heavy atom. The van der Waals surface area contributed by atoms with Gasteiger partial charge in [-0.15, -0.1) is 11.3 Å². The van der Waals surface area contributed by atoms with Gasteiger partial charge >= 0.3 is 0 Å². The molecule has 0 aliphatic heterocycles. The SMILES string of the molecule is NCCn1cnc(-c2cccs2)n1. The summed E-state index contributed by atoms with van der Waals surface area (Å²) in [5, 5.41) is 6.29. The topological polar surface area (TPSA) is 56.7 Å². The number of nitrogens with two attached hydrogens (primary N) is 1. The van der Waals surface area contributed by atoms with Gasteiger partial charge in [-0.25, -0.2) is 4.98 Å². The molecule has 0 bridgehead atoms. The van der Waals surface area contributed by atoms with Crippen molar-refractivity contribution >= 4 is 11.3 Å². The summed E-state index contributed by atoms with van der Waals surface area (Å²) in [7, 11) is 0. The monoisotopic (exact) mass is 194 g/mol. The maximum Gasteiger partial charge on any atom is 0.191 e. The minimum Gasteiger partial charge on any atom is -0.329 e. The summed E-state index contributed by atoms with van der Waals surface area (Å²) in [6.45, 7) is 1.31. The highest BCUT2D eigenvalue weighted by atomic mass is 32.1. The van der Waals surface area contributed by atoms with Crippen LogP contribution in [0.5, 0.6) is 0 Å². The first-order chi connectivity index (χ1) is 6.40.